The number of rotatable bonds is 9. The largest absolute Gasteiger partial charge is 0.337 e. The summed E-state index contributed by atoms with van der Waals surface area (Å²) in [4.78, 5) is 40.9. The second kappa shape index (κ2) is 12.4. The highest BCUT2D eigenvalue weighted by atomic mass is 19.1. The Hall–Kier alpha value is -2.50. The van der Waals surface area contributed by atoms with E-state index in [0.29, 0.717) is 25.9 Å². The van der Waals surface area contributed by atoms with Crippen molar-refractivity contribution in [3.8, 4) is 0 Å². The molecule has 0 atom stereocenters. The van der Waals surface area contributed by atoms with Crippen molar-refractivity contribution >= 4 is 17.7 Å². The van der Waals surface area contributed by atoms with E-state index in [9.17, 15) is 18.8 Å². The summed E-state index contributed by atoms with van der Waals surface area (Å²) in [5, 5.41) is 0. The molecule has 0 saturated heterocycles. The molecule has 31 heavy (non-hydrogen) atoms. The number of carbonyl (C=O) groups is 3. The summed E-state index contributed by atoms with van der Waals surface area (Å²) in [6, 6.07) is 4.64. The first-order valence-corrected chi connectivity index (χ1v) is 11.5. The molecule has 0 radical (unpaired) electrons. The molecule has 2 rings (SSSR count). The van der Waals surface area contributed by atoms with E-state index in [4.69, 9.17) is 0 Å². The van der Waals surface area contributed by atoms with Crippen molar-refractivity contribution in [3.63, 3.8) is 0 Å². The van der Waals surface area contributed by atoms with Gasteiger partial charge in [0.25, 0.3) is 0 Å². The number of imide groups is 1. The maximum absolute atomic E-state index is 13.5. The first kappa shape index (κ1) is 24.8. The third-order valence-electron chi connectivity index (χ3n) is 5.79. The molecular weight excluding hydrogens is 395 g/mol. The molecule has 1 aliphatic heterocycles. The van der Waals surface area contributed by atoms with Crippen LogP contribution in [0.15, 0.2) is 29.8 Å². The molecule has 1 heterocycles. The van der Waals surface area contributed by atoms with Crippen molar-refractivity contribution in [1.29, 1.82) is 0 Å². The van der Waals surface area contributed by atoms with E-state index in [-0.39, 0.29) is 42.9 Å². The summed E-state index contributed by atoms with van der Waals surface area (Å²) in [6.07, 6.45) is 7.47. The van der Waals surface area contributed by atoms with Crippen LogP contribution in [-0.2, 0) is 27.3 Å². The highest BCUT2D eigenvalue weighted by Crippen LogP contribution is 2.20. The number of carbonyl (C=O) groups excluding carboxylic acids is 3. The van der Waals surface area contributed by atoms with Crippen LogP contribution in [0.4, 0.5) is 4.39 Å². The van der Waals surface area contributed by atoms with E-state index in [1.807, 2.05) is 0 Å². The van der Waals surface area contributed by atoms with Gasteiger partial charge in [0, 0.05) is 25.9 Å². The average Bonchev–Trinajstić information content (AvgIpc) is 2.98. The third kappa shape index (κ3) is 7.30. The van der Waals surface area contributed by atoms with E-state index in [2.05, 4.69) is 19.9 Å². The van der Waals surface area contributed by atoms with E-state index in [0.717, 1.165) is 41.7 Å². The van der Waals surface area contributed by atoms with Gasteiger partial charge in [-0.15, -0.1) is 0 Å². The minimum atomic E-state index is -0.324. The molecule has 0 aromatic heterocycles. The van der Waals surface area contributed by atoms with Crippen LogP contribution in [-0.4, -0.2) is 40.6 Å². The molecule has 1 aromatic rings. The van der Waals surface area contributed by atoms with Crippen molar-refractivity contribution in [3.05, 3.63) is 46.8 Å². The summed E-state index contributed by atoms with van der Waals surface area (Å²) < 4.78 is 13.5. The van der Waals surface area contributed by atoms with Crippen LogP contribution in [0.5, 0.6) is 0 Å². The molecule has 1 aliphatic rings. The van der Waals surface area contributed by atoms with Crippen LogP contribution in [0.3, 0.4) is 0 Å². The maximum Gasteiger partial charge on any atom is 0.243 e. The van der Waals surface area contributed by atoms with Crippen molar-refractivity contribution in [2.45, 2.75) is 78.7 Å². The van der Waals surface area contributed by atoms with Gasteiger partial charge in [0.15, 0.2) is 0 Å². The van der Waals surface area contributed by atoms with Gasteiger partial charge >= 0.3 is 0 Å². The number of amides is 3. The Morgan fingerprint density at radius 1 is 1.06 bits per heavy atom. The van der Waals surface area contributed by atoms with E-state index < -0.39 is 0 Å². The molecule has 0 bridgehead atoms. The van der Waals surface area contributed by atoms with Crippen LogP contribution in [0, 0.1) is 5.82 Å². The first-order chi connectivity index (χ1) is 14.9. The third-order valence-corrected chi connectivity index (χ3v) is 5.79. The molecule has 3 amide bonds. The Balaban J connectivity index is 2.01. The van der Waals surface area contributed by atoms with Crippen LogP contribution in [0.25, 0.3) is 0 Å². The molecule has 0 N–H and O–H groups in total. The Labute approximate surface area is 185 Å². The molecule has 0 aliphatic carbocycles. The van der Waals surface area contributed by atoms with E-state index >= 15 is 0 Å². The van der Waals surface area contributed by atoms with Crippen molar-refractivity contribution < 1.29 is 18.8 Å². The Bertz CT molecular complexity index is 819. The van der Waals surface area contributed by atoms with Gasteiger partial charge in [0.1, 0.15) is 12.4 Å². The molecular formula is C25H35FN2O3. The molecule has 0 spiro atoms. The lowest BCUT2D eigenvalue weighted by atomic mass is 10.0. The maximum atomic E-state index is 13.5. The van der Waals surface area contributed by atoms with Gasteiger partial charge in [-0.2, -0.15) is 0 Å². The van der Waals surface area contributed by atoms with Gasteiger partial charge in [0.05, 0.1) is 0 Å². The smallest absolute Gasteiger partial charge is 0.243 e. The Morgan fingerprint density at radius 2 is 1.84 bits per heavy atom. The topological polar surface area (TPSA) is 57.7 Å². The second-order valence-corrected chi connectivity index (χ2v) is 8.04. The number of allylic oxidation sites excluding steroid dienone is 2. The van der Waals surface area contributed by atoms with Crippen LogP contribution >= 0.6 is 0 Å². The van der Waals surface area contributed by atoms with Gasteiger partial charge in [-0.05, 0) is 61.8 Å². The molecule has 5 nitrogen and oxygen atoms in total. The first-order valence-electron chi connectivity index (χ1n) is 11.5. The Kier molecular flexibility index (Phi) is 9.89. The molecule has 0 fully saturated rings. The van der Waals surface area contributed by atoms with Crippen molar-refractivity contribution in [2.24, 2.45) is 0 Å². The van der Waals surface area contributed by atoms with Crippen LogP contribution in [0.1, 0.15) is 76.8 Å². The predicted octanol–water partition coefficient (Wildman–Crippen LogP) is 4.78. The van der Waals surface area contributed by atoms with Gasteiger partial charge in [-0.25, -0.2) is 4.39 Å². The summed E-state index contributed by atoms with van der Waals surface area (Å²) in [7, 11) is 0. The lowest BCUT2D eigenvalue weighted by Gasteiger charge is -2.26. The number of hydrogen-bond acceptors (Lipinski definition) is 3. The highest BCUT2D eigenvalue weighted by molar-refractivity contribution is 5.98. The minimum absolute atomic E-state index is 0.178. The molecule has 1 aromatic carbocycles. The highest BCUT2D eigenvalue weighted by Gasteiger charge is 2.26. The summed E-state index contributed by atoms with van der Waals surface area (Å²) >= 11 is 0. The monoisotopic (exact) mass is 430 g/mol. The number of nitrogens with zero attached hydrogens (tertiary/aromatic N) is 2. The molecule has 170 valence electrons. The zero-order valence-electron chi connectivity index (χ0n) is 19.1. The molecule has 6 heteroatoms. The van der Waals surface area contributed by atoms with Gasteiger partial charge in [-0.1, -0.05) is 38.5 Å². The number of fused-ring (bicyclic) bond motifs is 1. The SMILES string of the molecule is CC/C=C(\CC)CCCC(=O)N(CC(=O)N1CCCc2cc(F)ccc2C1)C(=O)CC. The number of halogens is 1. The predicted molar refractivity (Wildman–Crippen MR) is 120 cm³/mol. The van der Waals surface area contributed by atoms with Gasteiger partial charge < -0.3 is 4.90 Å². The van der Waals surface area contributed by atoms with Crippen molar-refractivity contribution in [2.75, 3.05) is 13.1 Å². The van der Waals surface area contributed by atoms with Crippen molar-refractivity contribution in [1.82, 2.24) is 9.80 Å². The van der Waals surface area contributed by atoms with Gasteiger partial charge in [0.2, 0.25) is 17.7 Å². The molecule has 0 saturated carbocycles. The fourth-order valence-corrected chi connectivity index (χ4v) is 3.99. The average molecular weight is 431 g/mol. The number of hydrogen-bond donors (Lipinski definition) is 0. The quantitative estimate of drug-likeness (QED) is 0.530. The minimum Gasteiger partial charge on any atom is -0.337 e. The lowest BCUT2D eigenvalue weighted by molar-refractivity contribution is -0.150. The van der Waals surface area contributed by atoms with Crippen LogP contribution < -0.4 is 0 Å². The zero-order chi connectivity index (χ0) is 22.8. The summed E-state index contributed by atoms with van der Waals surface area (Å²) in [5.74, 6) is -1.13. The standard InChI is InChI=1S/C25H35FN2O3/c1-4-9-19(5-2)10-7-12-24(30)28(23(29)6-3)18-25(31)27-15-8-11-20-16-22(26)14-13-21(20)17-27/h9,13-14,16H,4-8,10-12,15,17-18H2,1-3H3/b19-9+. The van der Waals surface area contributed by atoms with E-state index in [1.54, 1.807) is 17.9 Å². The number of aryl methyl sites for hydroxylation is 1. The second-order valence-electron chi connectivity index (χ2n) is 8.04. The van der Waals surface area contributed by atoms with Gasteiger partial charge in [-0.3, -0.25) is 19.3 Å². The Morgan fingerprint density at radius 3 is 2.52 bits per heavy atom. The number of benzene rings is 1. The van der Waals surface area contributed by atoms with E-state index in [1.165, 1.54) is 17.7 Å². The lowest BCUT2D eigenvalue weighted by Crippen LogP contribution is -2.45. The fourth-order valence-electron chi connectivity index (χ4n) is 3.99. The van der Waals surface area contributed by atoms with Crippen LogP contribution in [0.2, 0.25) is 0 Å². The summed E-state index contributed by atoms with van der Waals surface area (Å²) in [5.41, 5.74) is 3.15. The molecule has 0 unspecified atom stereocenters. The summed E-state index contributed by atoms with van der Waals surface area (Å²) in [6.45, 7) is 6.56. The fraction of sp³-hybridized carbons (Fsp3) is 0.560. The zero-order valence-corrected chi connectivity index (χ0v) is 19.1. The normalized spacial score (nSPS) is 14.1.